The van der Waals surface area contributed by atoms with Crippen molar-refractivity contribution in [3.63, 3.8) is 0 Å². The van der Waals surface area contributed by atoms with Gasteiger partial charge in [-0.15, -0.1) is 0 Å². The molecule has 0 aliphatic carbocycles. The minimum Gasteiger partial charge on any atom is -0.379 e. The van der Waals surface area contributed by atoms with E-state index in [9.17, 15) is 0 Å². The van der Waals surface area contributed by atoms with Gasteiger partial charge >= 0.3 is 0 Å². The van der Waals surface area contributed by atoms with E-state index in [1.807, 2.05) is 0 Å². The molecule has 0 heterocycles. The molecule has 0 N–H and O–H groups in total. The lowest BCUT2D eigenvalue weighted by atomic mass is 10.0. The van der Waals surface area contributed by atoms with Gasteiger partial charge in [0, 0.05) is 25.4 Å². The highest BCUT2D eigenvalue weighted by Gasteiger charge is 2.09. The summed E-state index contributed by atoms with van der Waals surface area (Å²) < 4.78 is 5.74. The summed E-state index contributed by atoms with van der Waals surface area (Å²) >= 11 is 0. The SMILES string of the molecule is CCOC(CC)CCCc1ccccc1N(CC)CC. The number of rotatable bonds is 10. The van der Waals surface area contributed by atoms with Gasteiger partial charge in [-0.3, -0.25) is 0 Å². The van der Waals surface area contributed by atoms with Crippen molar-refractivity contribution in [2.45, 2.75) is 59.5 Å². The van der Waals surface area contributed by atoms with Gasteiger partial charge in [-0.1, -0.05) is 25.1 Å². The molecule has 0 aliphatic heterocycles. The molecule has 0 spiro atoms. The first-order chi connectivity index (χ1) is 9.76. The van der Waals surface area contributed by atoms with Crippen molar-refractivity contribution in [1.29, 1.82) is 0 Å². The van der Waals surface area contributed by atoms with Crippen LogP contribution in [0.15, 0.2) is 24.3 Å². The van der Waals surface area contributed by atoms with E-state index in [-0.39, 0.29) is 0 Å². The summed E-state index contributed by atoms with van der Waals surface area (Å²) in [5.41, 5.74) is 2.88. The lowest BCUT2D eigenvalue weighted by molar-refractivity contribution is 0.0529. The highest BCUT2D eigenvalue weighted by molar-refractivity contribution is 5.53. The Bertz CT molecular complexity index is 360. The first-order valence-electron chi connectivity index (χ1n) is 8.21. The summed E-state index contributed by atoms with van der Waals surface area (Å²) in [5, 5.41) is 0. The van der Waals surface area contributed by atoms with Crippen molar-refractivity contribution in [3.05, 3.63) is 29.8 Å². The van der Waals surface area contributed by atoms with E-state index in [0.29, 0.717) is 6.10 Å². The number of benzene rings is 1. The average molecular weight is 277 g/mol. The molecular weight excluding hydrogens is 246 g/mol. The first-order valence-corrected chi connectivity index (χ1v) is 8.21. The zero-order valence-electron chi connectivity index (χ0n) is 13.7. The van der Waals surface area contributed by atoms with E-state index in [1.165, 1.54) is 17.7 Å². The molecule has 0 aromatic heterocycles. The highest BCUT2D eigenvalue weighted by atomic mass is 16.5. The Hall–Kier alpha value is -1.02. The Morgan fingerprint density at radius 1 is 1.05 bits per heavy atom. The lowest BCUT2D eigenvalue weighted by Crippen LogP contribution is -2.23. The molecule has 1 unspecified atom stereocenters. The molecule has 0 fully saturated rings. The Morgan fingerprint density at radius 3 is 2.35 bits per heavy atom. The van der Waals surface area contributed by atoms with Crippen LogP contribution >= 0.6 is 0 Å². The van der Waals surface area contributed by atoms with E-state index >= 15 is 0 Å². The van der Waals surface area contributed by atoms with Crippen molar-refractivity contribution in [2.24, 2.45) is 0 Å². The Morgan fingerprint density at radius 2 is 1.75 bits per heavy atom. The van der Waals surface area contributed by atoms with Crippen LogP contribution in [0, 0.1) is 0 Å². The monoisotopic (exact) mass is 277 g/mol. The summed E-state index contributed by atoms with van der Waals surface area (Å²) in [7, 11) is 0. The Kier molecular flexibility index (Phi) is 8.36. The topological polar surface area (TPSA) is 12.5 Å². The molecular formula is C18H31NO. The maximum absolute atomic E-state index is 5.74. The van der Waals surface area contributed by atoms with Gasteiger partial charge in [0.05, 0.1) is 6.10 Å². The molecule has 20 heavy (non-hydrogen) atoms. The van der Waals surface area contributed by atoms with Crippen LogP contribution in [0.5, 0.6) is 0 Å². The van der Waals surface area contributed by atoms with Crippen molar-refractivity contribution in [2.75, 3.05) is 24.6 Å². The van der Waals surface area contributed by atoms with E-state index in [4.69, 9.17) is 4.74 Å². The summed E-state index contributed by atoms with van der Waals surface area (Å²) in [5.74, 6) is 0. The van der Waals surface area contributed by atoms with Crippen LogP contribution in [-0.2, 0) is 11.2 Å². The standard InChI is InChI=1S/C18H31NO/c1-5-17(20-8-4)14-11-13-16-12-9-10-15-18(16)19(6-2)7-3/h9-10,12,15,17H,5-8,11,13-14H2,1-4H3. The molecule has 2 nitrogen and oxygen atoms in total. The number of anilines is 1. The van der Waals surface area contributed by atoms with Crippen LogP contribution in [-0.4, -0.2) is 25.8 Å². The van der Waals surface area contributed by atoms with Crippen LogP contribution in [0.25, 0.3) is 0 Å². The van der Waals surface area contributed by atoms with Gasteiger partial charge in [-0.05, 0) is 58.1 Å². The normalized spacial score (nSPS) is 12.4. The molecule has 0 saturated heterocycles. The van der Waals surface area contributed by atoms with Crippen LogP contribution < -0.4 is 4.90 Å². The third-order valence-corrected chi connectivity index (χ3v) is 3.93. The number of hydrogen-bond donors (Lipinski definition) is 0. The van der Waals surface area contributed by atoms with Gasteiger partial charge in [-0.25, -0.2) is 0 Å². The van der Waals surface area contributed by atoms with E-state index in [1.54, 1.807) is 0 Å². The van der Waals surface area contributed by atoms with Crippen molar-refractivity contribution in [1.82, 2.24) is 0 Å². The van der Waals surface area contributed by atoms with Gasteiger partial charge in [0.2, 0.25) is 0 Å². The summed E-state index contributed by atoms with van der Waals surface area (Å²) in [6.45, 7) is 11.7. The average Bonchev–Trinajstić information content (AvgIpc) is 2.49. The first kappa shape index (κ1) is 17.0. The van der Waals surface area contributed by atoms with E-state index in [2.05, 4.69) is 56.9 Å². The lowest BCUT2D eigenvalue weighted by Gasteiger charge is -2.24. The molecule has 2 heteroatoms. The minimum atomic E-state index is 0.431. The summed E-state index contributed by atoms with van der Waals surface area (Å²) in [6.07, 6.45) is 5.07. The number of para-hydroxylation sites is 1. The van der Waals surface area contributed by atoms with Gasteiger partial charge in [-0.2, -0.15) is 0 Å². The molecule has 1 atom stereocenters. The second kappa shape index (κ2) is 9.82. The number of hydrogen-bond acceptors (Lipinski definition) is 2. The van der Waals surface area contributed by atoms with E-state index < -0.39 is 0 Å². The Labute approximate surface area is 125 Å². The Balaban J connectivity index is 2.59. The smallest absolute Gasteiger partial charge is 0.0572 e. The van der Waals surface area contributed by atoms with E-state index in [0.717, 1.165) is 39.0 Å². The predicted molar refractivity (Wildman–Crippen MR) is 88.6 cm³/mol. The number of aryl methyl sites for hydroxylation is 1. The zero-order chi connectivity index (χ0) is 14.8. The van der Waals surface area contributed by atoms with Crippen LogP contribution in [0.4, 0.5) is 5.69 Å². The number of ether oxygens (including phenoxy) is 1. The molecule has 1 aromatic rings. The minimum absolute atomic E-state index is 0.431. The fraction of sp³-hybridized carbons (Fsp3) is 0.667. The fourth-order valence-electron chi connectivity index (χ4n) is 2.76. The van der Waals surface area contributed by atoms with Gasteiger partial charge < -0.3 is 9.64 Å². The van der Waals surface area contributed by atoms with Gasteiger partial charge in [0.15, 0.2) is 0 Å². The van der Waals surface area contributed by atoms with Crippen LogP contribution in [0.1, 0.15) is 52.5 Å². The number of nitrogens with zero attached hydrogens (tertiary/aromatic N) is 1. The molecule has 1 rings (SSSR count). The van der Waals surface area contributed by atoms with Crippen LogP contribution in [0.2, 0.25) is 0 Å². The molecule has 1 aromatic carbocycles. The maximum atomic E-state index is 5.74. The van der Waals surface area contributed by atoms with Gasteiger partial charge in [0.25, 0.3) is 0 Å². The summed E-state index contributed by atoms with van der Waals surface area (Å²) in [4.78, 5) is 2.44. The molecule has 0 saturated carbocycles. The van der Waals surface area contributed by atoms with Crippen molar-refractivity contribution >= 4 is 5.69 Å². The van der Waals surface area contributed by atoms with Gasteiger partial charge in [0.1, 0.15) is 0 Å². The highest BCUT2D eigenvalue weighted by Crippen LogP contribution is 2.22. The van der Waals surface area contributed by atoms with Crippen molar-refractivity contribution < 1.29 is 4.74 Å². The quantitative estimate of drug-likeness (QED) is 0.616. The predicted octanol–water partition coefficient (Wildman–Crippen LogP) is 4.67. The summed E-state index contributed by atoms with van der Waals surface area (Å²) in [6, 6.07) is 8.83. The molecule has 0 radical (unpaired) electrons. The third kappa shape index (κ3) is 5.16. The largest absolute Gasteiger partial charge is 0.379 e. The second-order valence-corrected chi connectivity index (χ2v) is 5.18. The third-order valence-electron chi connectivity index (χ3n) is 3.93. The fourth-order valence-corrected chi connectivity index (χ4v) is 2.76. The van der Waals surface area contributed by atoms with Crippen molar-refractivity contribution in [3.8, 4) is 0 Å². The van der Waals surface area contributed by atoms with Crippen LogP contribution in [0.3, 0.4) is 0 Å². The maximum Gasteiger partial charge on any atom is 0.0572 e. The zero-order valence-corrected chi connectivity index (χ0v) is 13.7. The molecule has 114 valence electrons. The second-order valence-electron chi connectivity index (χ2n) is 5.18. The molecule has 0 bridgehead atoms. The molecule has 0 aliphatic rings. The molecule has 0 amide bonds.